The molecule has 66 heavy (non-hydrogen) atoms. The molecule has 2 aliphatic rings. The number of ether oxygens (including phenoxy) is 8. The number of carboxylic acids is 1. The molecule has 29 heteroatoms. The lowest BCUT2D eigenvalue weighted by Crippen LogP contribution is -2.65. The molecule has 16 N–H and O–H groups in total. The first kappa shape index (κ1) is 60.0. The smallest absolute Gasteiger partial charge is 0.364 e. The Labute approximate surface area is 377 Å². The fourth-order valence-corrected chi connectivity index (χ4v) is 6.42. The van der Waals surface area contributed by atoms with Crippen LogP contribution < -0.4 is 5.32 Å². The molecule has 0 aliphatic carbocycles. The highest BCUT2D eigenvalue weighted by Gasteiger charge is 2.54. The maximum absolute atomic E-state index is 14.4. The van der Waals surface area contributed by atoms with Gasteiger partial charge in [-0.05, 0) is 20.8 Å². The minimum absolute atomic E-state index is 0.550. The molecule has 2 heterocycles. The number of aliphatic hydroxyl groups excluding tert-OH is 14. The molecular weight excluding hydrogens is 909 g/mol. The van der Waals surface area contributed by atoms with E-state index in [1.807, 2.05) is 0 Å². The zero-order valence-corrected chi connectivity index (χ0v) is 36.6. The summed E-state index contributed by atoms with van der Waals surface area (Å²) in [5, 5.41) is 155. The van der Waals surface area contributed by atoms with Crippen LogP contribution in [0.1, 0.15) is 40.5 Å². The van der Waals surface area contributed by atoms with Crippen molar-refractivity contribution in [1.82, 2.24) is 5.32 Å². The van der Waals surface area contributed by atoms with Gasteiger partial charge in [-0.15, -0.1) is 0 Å². The van der Waals surface area contributed by atoms with Crippen LogP contribution in [0.2, 0.25) is 0 Å². The van der Waals surface area contributed by atoms with Crippen molar-refractivity contribution in [2.75, 3.05) is 52.9 Å². The van der Waals surface area contributed by atoms with Gasteiger partial charge in [0.25, 0.3) is 5.79 Å². The van der Waals surface area contributed by atoms with Gasteiger partial charge >= 0.3 is 5.97 Å². The second-order valence-corrected chi connectivity index (χ2v) is 15.7. The van der Waals surface area contributed by atoms with Gasteiger partial charge in [-0.3, -0.25) is 4.79 Å². The molecule has 0 aromatic rings. The minimum atomic E-state index is -2.87. The maximum atomic E-state index is 14.4. The van der Waals surface area contributed by atoms with E-state index < -0.39 is 206 Å². The Morgan fingerprint density at radius 1 is 0.758 bits per heavy atom. The number of carbonyl (C=O) groups excluding carboxylic acids is 1. The Hall–Kier alpha value is -2.09. The molecule has 0 aromatic heterocycles. The molecule has 21 atom stereocenters. The number of amides is 1. The summed E-state index contributed by atoms with van der Waals surface area (Å²) >= 11 is 0. The summed E-state index contributed by atoms with van der Waals surface area (Å²) in [6, 6.07) is -1.34. The van der Waals surface area contributed by atoms with E-state index in [0.29, 0.717) is 0 Å². The third-order valence-electron chi connectivity index (χ3n) is 10.3. The maximum Gasteiger partial charge on any atom is 0.364 e. The van der Waals surface area contributed by atoms with Crippen LogP contribution in [0.15, 0.2) is 0 Å². The first-order valence-corrected chi connectivity index (χ1v) is 20.8. The summed E-state index contributed by atoms with van der Waals surface area (Å²) < 4.78 is 58.7. The van der Waals surface area contributed by atoms with E-state index in [4.69, 9.17) is 47.7 Å². The number of alkyl halides is 1. The van der Waals surface area contributed by atoms with Crippen LogP contribution in [0.5, 0.6) is 0 Å². The van der Waals surface area contributed by atoms with Gasteiger partial charge in [0.15, 0.2) is 12.6 Å². The van der Waals surface area contributed by atoms with Crippen LogP contribution in [0.25, 0.3) is 0 Å². The third kappa shape index (κ3) is 17.7. The molecule has 12 unspecified atom stereocenters. The summed E-state index contributed by atoms with van der Waals surface area (Å²) in [5.74, 6) is -5.45. The van der Waals surface area contributed by atoms with Crippen molar-refractivity contribution in [2.45, 2.75) is 169 Å². The summed E-state index contributed by atoms with van der Waals surface area (Å²) in [6.07, 6.45) is -35.7. The molecule has 390 valence electrons. The van der Waals surface area contributed by atoms with Gasteiger partial charge < -0.3 is 120 Å². The highest BCUT2D eigenvalue weighted by Crippen LogP contribution is 2.34. The first-order valence-electron chi connectivity index (χ1n) is 20.8. The molecule has 2 aliphatic heterocycles. The van der Waals surface area contributed by atoms with Crippen molar-refractivity contribution < 1.29 is 138 Å². The van der Waals surface area contributed by atoms with E-state index in [1.54, 1.807) is 0 Å². The van der Waals surface area contributed by atoms with E-state index >= 15 is 0 Å². The van der Waals surface area contributed by atoms with Gasteiger partial charge in [0.1, 0.15) is 61.5 Å². The number of aliphatic hydroxyl groups is 14. The number of hydrogen-bond acceptors (Lipinski definition) is 26. The van der Waals surface area contributed by atoms with Gasteiger partial charge in [-0.2, -0.15) is 0 Å². The number of aliphatic carboxylic acids is 1. The summed E-state index contributed by atoms with van der Waals surface area (Å²) in [7, 11) is 0. The molecule has 0 radical (unpaired) electrons. The van der Waals surface area contributed by atoms with Crippen molar-refractivity contribution in [3.8, 4) is 0 Å². The van der Waals surface area contributed by atoms with Crippen LogP contribution in [0, 0.1) is 0 Å². The highest BCUT2D eigenvalue weighted by molar-refractivity contribution is 5.76. The average Bonchev–Trinajstić information content (AvgIpc) is 3.26. The minimum Gasteiger partial charge on any atom is -0.477 e. The summed E-state index contributed by atoms with van der Waals surface area (Å²) in [6.45, 7) is -2.80. The van der Waals surface area contributed by atoms with E-state index in [0.717, 1.165) is 6.92 Å². The number of hydrogen-bond donors (Lipinski definition) is 16. The number of rotatable bonds is 32. The Morgan fingerprint density at radius 3 is 1.88 bits per heavy atom. The van der Waals surface area contributed by atoms with Crippen LogP contribution in [0.4, 0.5) is 4.39 Å². The molecule has 28 nitrogen and oxygen atoms in total. The highest BCUT2D eigenvalue weighted by atomic mass is 19.1. The molecule has 2 fully saturated rings. The lowest BCUT2D eigenvalue weighted by molar-refractivity contribution is -0.427. The Bertz CT molecular complexity index is 1380. The zero-order chi connectivity index (χ0) is 50.1. The van der Waals surface area contributed by atoms with E-state index in [2.05, 4.69) is 5.32 Å². The largest absolute Gasteiger partial charge is 0.477 e. The van der Waals surface area contributed by atoms with Crippen molar-refractivity contribution in [2.24, 2.45) is 0 Å². The molecule has 0 aromatic carbocycles. The lowest BCUT2D eigenvalue weighted by atomic mass is 9.90. The van der Waals surface area contributed by atoms with Gasteiger partial charge in [0, 0.05) is 19.8 Å². The van der Waals surface area contributed by atoms with Crippen molar-refractivity contribution in [3.63, 3.8) is 0 Å². The van der Waals surface area contributed by atoms with Crippen molar-refractivity contribution in [1.29, 1.82) is 0 Å². The van der Waals surface area contributed by atoms with Gasteiger partial charge in [-0.25, -0.2) is 19.0 Å². The van der Waals surface area contributed by atoms with Crippen LogP contribution in [0.3, 0.4) is 0 Å². The number of carboxylic acid groups (broad SMARTS) is 1. The molecular formula is C37H68FNO27. The quantitative estimate of drug-likeness (QED) is 0.0169. The topological polar surface area (TPSA) is 442 Å². The fourth-order valence-electron chi connectivity index (χ4n) is 6.42. The van der Waals surface area contributed by atoms with Gasteiger partial charge in [-0.1, -0.05) is 0 Å². The molecule has 0 bridgehead atoms. The van der Waals surface area contributed by atoms with Crippen LogP contribution >= 0.6 is 0 Å². The summed E-state index contributed by atoms with van der Waals surface area (Å²) in [4.78, 5) is 35.0. The Kier molecular flexibility index (Phi) is 26.5. The lowest BCUT2D eigenvalue weighted by Gasteiger charge is -2.45. The standard InChI is InChI=1S/C37H68FNO27/c1-15(46)24(9-42)61-34(21(51)8-41)57-14-28(66-65-25(10-43)16(2)47)59-17(3)26(11-44)62-35(63-32-27(12-45)60-33(38)31(54)30(32)53)22(52)13-58-37(36(55)56)6-20(50)29(39-18(4)48)23(64-37)5-19(49)7-40/h15-17,19-35,40-47,49-54H,5-14H2,1-4H3,(H,39,48)(H,55,56)/t15-,16-,17-,19+,20-,21+,22+,23?,24?,25?,26?,27?,28+,29?,30?,31?,32?,33?,34?,35?,37-/m1/s1. The second-order valence-electron chi connectivity index (χ2n) is 15.7. The Morgan fingerprint density at radius 2 is 1.36 bits per heavy atom. The molecule has 0 spiro atoms. The first-order chi connectivity index (χ1) is 31.0. The summed E-state index contributed by atoms with van der Waals surface area (Å²) in [5.41, 5.74) is 0. The van der Waals surface area contributed by atoms with E-state index in [-0.39, 0.29) is 0 Å². The average molecular weight is 978 g/mol. The predicted molar refractivity (Wildman–Crippen MR) is 208 cm³/mol. The number of nitrogens with one attached hydrogen (secondary N) is 1. The third-order valence-corrected chi connectivity index (χ3v) is 10.3. The van der Waals surface area contributed by atoms with Gasteiger partial charge in [0.2, 0.25) is 18.6 Å². The normalized spacial score (nSPS) is 31.6. The van der Waals surface area contributed by atoms with Gasteiger partial charge in [0.05, 0.1) is 88.9 Å². The molecule has 0 saturated carbocycles. The molecule has 2 rings (SSSR count). The predicted octanol–water partition coefficient (Wildman–Crippen LogP) is -8.08. The van der Waals surface area contributed by atoms with E-state index in [9.17, 15) is 90.6 Å². The SMILES string of the molecule is CC(=O)NC1C(C[C@H](O)CO)O[C@@](OC[C@H](O)C(OC2C(CO)OC(F)C(O)C2O)OC(CO)[C@@H](C)O[C@H](COC(OC(CO)[C@@H](C)O)[C@@H](O)CO)OOC(CO)[C@@H](C)O)(C(=O)O)C[C@H]1O. The zero-order valence-electron chi connectivity index (χ0n) is 36.6. The Balaban J connectivity index is 2.52. The number of carbonyl (C=O) groups is 2. The van der Waals surface area contributed by atoms with Crippen LogP contribution in [-0.4, -0.2) is 270 Å². The second kappa shape index (κ2) is 29.2. The van der Waals surface area contributed by atoms with Crippen molar-refractivity contribution in [3.05, 3.63) is 0 Å². The molecule has 2 saturated heterocycles. The van der Waals surface area contributed by atoms with Crippen LogP contribution in [-0.2, 0) is 57.3 Å². The molecule has 1 amide bonds. The number of halogens is 1. The van der Waals surface area contributed by atoms with Crippen molar-refractivity contribution >= 4 is 11.9 Å². The fraction of sp³-hybridized carbons (Fsp3) is 0.946. The van der Waals surface area contributed by atoms with E-state index in [1.165, 1.54) is 20.8 Å². The monoisotopic (exact) mass is 977 g/mol.